The van der Waals surface area contributed by atoms with Gasteiger partial charge in [0.15, 0.2) is 0 Å². The molecule has 0 unspecified atom stereocenters. The number of aromatic nitrogens is 1. The summed E-state index contributed by atoms with van der Waals surface area (Å²) in [4.78, 5) is 26.2. The van der Waals surface area contributed by atoms with Gasteiger partial charge in [-0.15, -0.1) is 0 Å². The Balaban J connectivity index is 2.33. The quantitative estimate of drug-likeness (QED) is 0.614. The van der Waals surface area contributed by atoms with E-state index in [0.717, 1.165) is 12.1 Å². The first-order valence-electron chi connectivity index (χ1n) is 5.84. The van der Waals surface area contributed by atoms with E-state index >= 15 is 0 Å². The van der Waals surface area contributed by atoms with Gasteiger partial charge in [0.05, 0.1) is 0 Å². The number of anilines is 1. The van der Waals surface area contributed by atoms with Gasteiger partial charge in [0.1, 0.15) is 5.69 Å². The number of nitrogens with zero attached hydrogens (tertiary/aromatic N) is 1. The van der Waals surface area contributed by atoms with Gasteiger partial charge in [0.25, 0.3) is 5.91 Å². The summed E-state index contributed by atoms with van der Waals surface area (Å²) in [7, 11) is 1.78. The summed E-state index contributed by atoms with van der Waals surface area (Å²) in [6.45, 7) is 0.511. The van der Waals surface area contributed by atoms with Crippen molar-refractivity contribution in [1.29, 1.82) is 0 Å². The average molecular weight is 250 g/mol. The molecule has 1 rings (SSSR count). The third kappa shape index (κ3) is 4.82. The molecular weight excluding hydrogens is 232 g/mol. The van der Waals surface area contributed by atoms with Crippen LogP contribution >= 0.6 is 0 Å². The van der Waals surface area contributed by atoms with E-state index in [0.29, 0.717) is 25.1 Å². The second-order valence-corrected chi connectivity index (χ2v) is 3.86. The van der Waals surface area contributed by atoms with Crippen LogP contribution in [0, 0.1) is 0 Å². The second kappa shape index (κ2) is 7.26. The maximum absolute atomic E-state index is 11.7. The third-order valence-electron chi connectivity index (χ3n) is 2.42. The lowest BCUT2D eigenvalue weighted by molar-refractivity contribution is -0.118. The molecule has 6 heteroatoms. The molecule has 0 aliphatic heterocycles. The molecule has 98 valence electrons. The van der Waals surface area contributed by atoms with Crippen molar-refractivity contribution in [1.82, 2.24) is 10.3 Å². The number of pyridine rings is 1. The summed E-state index contributed by atoms with van der Waals surface area (Å²) in [5.41, 5.74) is 6.22. The Bertz CT molecular complexity index is 420. The first kappa shape index (κ1) is 14.0. The van der Waals surface area contributed by atoms with Crippen molar-refractivity contribution in [3.05, 3.63) is 24.0 Å². The molecule has 4 N–H and O–H groups in total. The van der Waals surface area contributed by atoms with Crippen molar-refractivity contribution < 1.29 is 9.59 Å². The van der Waals surface area contributed by atoms with Gasteiger partial charge in [0.2, 0.25) is 5.91 Å². The number of carbonyl (C=O) groups is 2. The fraction of sp³-hybridized carbons (Fsp3) is 0.417. The lowest BCUT2D eigenvalue weighted by Crippen LogP contribution is -2.25. The number of unbranched alkanes of at least 4 members (excludes halogenated alkanes) is 1. The van der Waals surface area contributed by atoms with Gasteiger partial charge in [-0.3, -0.25) is 14.6 Å². The molecule has 0 saturated carbocycles. The first-order valence-corrected chi connectivity index (χ1v) is 5.84. The number of primary amides is 1. The summed E-state index contributed by atoms with van der Waals surface area (Å²) >= 11 is 0. The predicted molar refractivity (Wildman–Crippen MR) is 69.2 cm³/mol. The van der Waals surface area contributed by atoms with Crippen LogP contribution in [-0.4, -0.2) is 30.4 Å². The zero-order valence-corrected chi connectivity index (χ0v) is 10.4. The van der Waals surface area contributed by atoms with Crippen molar-refractivity contribution in [2.45, 2.75) is 19.3 Å². The molecule has 1 aromatic heterocycles. The van der Waals surface area contributed by atoms with Crippen molar-refractivity contribution >= 4 is 17.5 Å². The van der Waals surface area contributed by atoms with Gasteiger partial charge in [-0.2, -0.15) is 0 Å². The molecule has 0 aromatic carbocycles. The molecule has 0 aliphatic carbocycles. The standard InChI is InChI=1S/C12H18N4O2/c1-14-9-5-7-15-10(8-9)12(18)16-6-3-2-4-11(13)17/h5,7-8H,2-4,6H2,1H3,(H2,13,17)(H,14,15)(H,16,18). The summed E-state index contributed by atoms with van der Waals surface area (Å²) in [5, 5.41) is 5.68. The van der Waals surface area contributed by atoms with Gasteiger partial charge in [-0.25, -0.2) is 0 Å². The second-order valence-electron chi connectivity index (χ2n) is 3.86. The summed E-state index contributed by atoms with van der Waals surface area (Å²) in [5.74, 6) is -0.532. The highest BCUT2D eigenvalue weighted by molar-refractivity contribution is 5.93. The van der Waals surface area contributed by atoms with Gasteiger partial charge in [-0.05, 0) is 25.0 Å². The number of carbonyl (C=O) groups excluding carboxylic acids is 2. The summed E-state index contributed by atoms with van der Waals surface area (Å²) < 4.78 is 0. The molecule has 2 amide bonds. The van der Waals surface area contributed by atoms with Crippen LogP contribution in [0.5, 0.6) is 0 Å². The SMILES string of the molecule is CNc1ccnc(C(=O)NCCCCC(N)=O)c1. The predicted octanol–water partition coefficient (Wildman–Crippen LogP) is 0.509. The van der Waals surface area contributed by atoms with Crippen LogP contribution < -0.4 is 16.4 Å². The lowest BCUT2D eigenvalue weighted by atomic mass is 10.2. The van der Waals surface area contributed by atoms with Gasteiger partial charge < -0.3 is 16.4 Å². The normalized spacial score (nSPS) is 9.83. The average Bonchev–Trinajstić information content (AvgIpc) is 2.37. The Morgan fingerprint density at radius 3 is 2.83 bits per heavy atom. The molecule has 0 fully saturated rings. The zero-order valence-electron chi connectivity index (χ0n) is 10.4. The number of nitrogens with one attached hydrogen (secondary N) is 2. The Labute approximate surface area is 106 Å². The van der Waals surface area contributed by atoms with E-state index in [1.165, 1.54) is 0 Å². The Hall–Kier alpha value is -2.11. The highest BCUT2D eigenvalue weighted by Gasteiger charge is 2.06. The number of hydrogen-bond donors (Lipinski definition) is 3. The molecular formula is C12H18N4O2. The van der Waals surface area contributed by atoms with Crippen LogP contribution in [0.15, 0.2) is 18.3 Å². The topological polar surface area (TPSA) is 97.1 Å². The van der Waals surface area contributed by atoms with Crippen LogP contribution in [0.3, 0.4) is 0 Å². The molecule has 0 spiro atoms. The van der Waals surface area contributed by atoms with Crippen molar-refractivity contribution in [3.63, 3.8) is 0 Å². The minimum Gasteiger partial charge on any atom is -0.388 e. The fourth-order valence-electron chi connectivity index (χ4n) is 1.43. The molecule has 6 nitrogen and oxygen atoms in total. The van der Waals surface area contributed by atoms with Crippen LogP contribution in [0.1, 0.15) is 29.8 Å². The number of rotatable bonds is 7. The van der Waals surface area contributed by atoms with E-state index in [1.54, 1.807) is 25.4 Å². The van der Waals surface area contributed by atoms with Crippen LogP contribution in [-0.2, 0) is 4.79 Å². The van der Waals surface area contributed by atoms with E-state index in [1.807, 2.05) is 0 Å². The molecule has 0 bridgehead atoms. The Morgan fingerprint density at radius 2 is 2.17 bits per heavy atom. The monoisotopic (exact) mass is 250 g/mol. The molecule has 18 heavy (non-hydrogen) atoms. The third-order valence-corrected chi connectivity index (χ3v) is 2.42. The molecule has 1 heterocycles. The minimum atomic E-state index is -0.315. The van der Waals surface area contributed by atoms with Crippen LogP contribution in [0.25, 0.3) is 0 Å². The molecule has 1 aromatic rings. The largest absolute Gasteiger partial charge is 0.388 e. The van der Waals surface area contributed by atoms with E-state index in [9.17, 15) is 9.59 Å². The van der Waals surface area contributed by atoms with Crippen molar-refractivity contribution in [3.8, 4) is 0 Å². The first-order chi connectivity index (χ1) is 8.63. The number of nitrogens with two attached hydrogens (primary N) is 1. The maximum atomic E-state index is 11.7. The van der Waals surface area contributed by atoms with Gasteiger partial charge in [0, 0.05) is 31.9 Å². The molecule has 0 aliphatic rings. The van der Waals surface area contributed by atoms with Crippen molar-refractivity contribution in [2.24, 2.45) is 5.73 Å². The number of hydrogen-bond acceptors (Lipinski definition) is 4. The Morgan fingerprint density at radius 1 is 1.39 bits per heavy atom. The number of amides is 2. The fourth-order valence-corrected chi connectivity index (χ4v) is 1.43. The highest BCUT2D eigenvalue weighted by atomic mass is 16.2. The Kier molecular flexibility index (Phi) is 5.63. The van der Waals surface area contributed by atoms with E-state index in [4.69, 9.17) is 5.73 Å². The smallest absolute Gasteiger partial charge is 0.269 e. The zero-order chi connectivity index (χ0) is 13.4. The molecule has 0 radical (unpaired) electrons. The summed E-state index contributed by atoms with van der Waals surface area (Å²) in [6, 6.07) is 3.46. The molecule has 0 saturated heterocycles. The van der Waals surface area contributed by atoms with E-state index in [-0.39, 0.29) is 11.8 Å². The van der Waals surface area contributed by atoms with E-state index in [2.05, 4.69) is 15.6 Å². The van der Waals surface area contributed by atoms with Gasteiger partial charge >= 0.3 is 0 Å². The highest BCUT2D eigenvalue weighted by Crippen LogP contribution is 2.06. The van der Waals surface area contributed by atoms with Crippen molar-refractivity contribution in [2.75, 3.05) is 18.9 Å². The van der Waals surface area contributed by atoms with Crippen LogP contribution in [0.2, 0.25) is 0 Å². The summed E-state index contributed by atoms with van der Waals surface area (Å²) in [6.07, 6.45) is 3.33. The van der Waals surface area contributed by atoms with Crippen LogP contribution in [0.4, 0.5) is 5.69 Å². The minimum absolute atomic E-state index is 0.217. The van der Waals surface area contributed by atoms with E-state index < -0.39 is 0 Å². The van der Waals surface area contributed by atoms with Gasteiger partial charge in [-0.1, -0.05) is 0 Å². The lowest BCUT2D eigenvalue weighted by Gasteiger charge is -2.05. The maximum Gasteiger partial charge on any atom is 0.269 e. The molecule has 0 atom stereocenters.